The Balaban J connectivity index is 1.76. The minimum Gasteiger partial charge on any atom is -0.496 e. The van der Waals surface area contributed by atoms with E-state index in [4.69, 9.17) is 21.7 Å². The summed E-state index contributed by atoms with van der Waals surface area (Å²) < 4.78 is 10.8. The molecular formula is C19H19BrN2O4S2. The van der Waals surface area contributed by atoms with Gasteiger partial charge in [0.25, 0.3) is 5.91 Å². The lowest BCUT2D eigenvalue weighted by Gasteiger charge is -2.12. The highest BCUT2D eigenvalue weighted by Crippen LogP contribution is 2.38. The zero-order valence-electron chi connectivity index (χ0n) is 15.4. The number of esters is 1. The van der Waals surface area contributed by atoms with Crippen LogP contribution in [0.3, 0.4) is 0 Å². The molecule has 6 nitrogen and oxygen atoms in total. The predicted molar refractivity (Wildman–Crippen MR) is 117 cm³/mol. The van der Waals surface area contributed by atoms with E-state index in [1.54, 1.807) is 25.3 Å². The number of thiophene rings is 1. The van der Waals surface area contributed by atoms with Crippen LogP contribution in [-0.2, 0) is 17.6 Å². The van der Waals surface area contributed by atoms with E-state index in [0.29, 0.717) is 26.4 Å². The molecule has 0 atom stereocenters. The van der Waals surface area contributed by atoms with Crippen molar-refractivity contribution in [2.45, 2.75) is 25.7 Å². The van der Waals surface area contributed by atoms with Crippen molar-refractivity contribution in [3.8, 4) is 5.75 Å². The third-order valence-corrected chi connectivity index (χ3v) is 6.46. The van der Waals surface area contributed by atoms with Crippen molar-refractivity contribution in [1.29, 1.82) is 0 Å². The Hall–Kier alpha value is -1.97. The van der Waals surface area contributed by atoms with Gasteiger partial charge in [-0.1, -0.05) is 0 Å². The molecule has 1 heterocycles. The fraction of sp³-hybridized carbons (Fsp3) is 0.316. The van der Waals surface area contributed by atoms with Crippen molar-refractivity contribution in [3.63, 3.8) is 0 Å². The van der Waals surface area contributed by atoms with Gasteiger partial charge in [-0.15, -0.1) is 11.3 Å². The van der Waals surface area contributed by atoms with Crippen LogP contribution >= 0.6 is 39.5 Å². The largest absolute Gasteiger partial charge is 0.496 e. The molecule has 1 aliphatic carbocycles. The molecule has 0 radical (unpaired) electrons. The number of nitrogens with one attached hydrogen (secondary N) is 2. The molecule has 1 aromatic carbocycles. The first-order chi connectivity index (χ1) is 13.4. The average Bonchev–Trinajstić information content (AvgIpc) is 3.04. The van der Waals surface area contributed by atoms with E-state index in [-0.39, 0.29) is 11.0 Å². The Morgan fingerprint density at radius 2 is 1.96 bits per heavy atom. The van der Waals surface area contributed by atoms with Gasteiger partial charge in [-0.25, -0.2) is 4.79 Å². The van der Waals surface area contributed by atoms with Gasteiger partial charge in [0.2, 0.25) is 0 Å². The van der Waals surface area contributed by atoms with Crippen LogP contribution in [0.5, 0.6) is 5.75 Å². The van der Waals surface area contributed by atoms with Crippen molar-refractivity contribution >= 4 is 61.5 Å². The van der Waals surface area contributed by atoms with Gasteiger partial charge in [-0.3, -0.25) is 10.1 Å². The van der Waals surface area contributed by atoms with Gasteiger partial charge in [0.1, 0.15) is 10.8 Å². The Labute approximate surface area is 180 Å². The van der Waals surface area contributed by atoms with Crippen LogP contribution in [0.15, 0.2) is 22.7 Å². The fourth-order valence-corrected chi connectivity index (χ4v) is 5.17. The molecule has 148 valence electrons. The van der Waals surface area contributed by atoms with Gasteiger partial charge in [0, 0.05) is 10.4 Å². The molecule has 0 bridgehead atoms. The lowest BCUT2D eigenvalue weighted by molar-refractivity contribution is 0.0601. The molecule has 0 saturated carbocycles. The first-order valence-electron chi connectivity index (χ1n) is 8.63. The summed E-state index contributed by atoms with van der Waals surface area (Å²) in [4.78, 5) is 25.9. The van der Waals surface area contributed by atoms with Gasteiger partial charge >= 0.3 is 5.97 Å². The summed E-state index contributed by atoms with van der Waals surface area (Å²) in [5.41, 5.74) is 1.97. The van der Waals surface area contributed by atoms with Gasteiger partial charge < -0.3 is 14.8 Å². The summed E-state index contributed by atoms with van der Waals surface area (Å²) in [6, 6.07) is 4.99. The number of halogens is 1. The molecule has 0 aliphatic heterocycles. The number of hydrogen-bond acceptors (Lipinski definition) is 6. The average molecular weight is 483 g/mol. The number of amides is 1. The van der Waals surface area contributed by atoms with Crippen LogP contribution in [0.4, 0.5) is 5.00 Å². The number of aryl methyl sites for hydroxylation is 1. The van der Waals surface area contributed by atoms with Crippen LogP contribution in [0.1, 0.15) is 44.0 Å². The van der Waals surface area contributed by atoms with E-state index >= 15 is 0 Å². The molecule has 3 rings (SSSR count). The summed E-state index contributed by atoms with van der Waals surface area (Å²) in [6.45, 7) is 0. The van der Waals surface area contributed by atoms with E-state index in [0.717, 1.165) is 31.2 Å². The van der Waals surface area contributed by atoms with Crippen LogP contribution in [0.25, 0.3) is 0 Å². The van der Waals surface area contributed by atoms with Crippen LogP contribution in [0, 0.1) is 0 Å². The molecule has 0 fully saturated rings. The number of carbonyl (C=O) groups excluding carboxylic acids is 2. The summed E-state index contributed by atoms with van der Waals surface area (Å²) in [5, 5.41) is 6.39. The maximum Gasteiger partial charge on any atom is 0.341 e. The van der Waals surface area contributed by atoms with E-state index in [1.165, 1.54) is 23.3 Å². The molecule has 1 aromatic heterocycles. The van der Waals surface area contributed by atoms with Crippen molar-refractivity contribution < 1.29 is 19.1 Å². The Morgan fingerprint density at radius 3 is 2.64 bits per heavy atom. The monoisotopic (exact) mass is 482 g/mol. The molecule has 0 unspecified atom stereocenters. The molecule has 28 heavy (non-hydrogen) atoms. The van der Waals surface area contributed by atoms with Crippen molar-refractivity contribution in [3.05, 3.63) is 44.2 Å². The molecule has 1 amide bonds. The number of anilines is 1. The zero-order valence-corrected chi connectivity index (χ0v) is 18.6. The smallest absolute Gasteiger partial charge is 0.341 e. The third kappa shape index (κ3) is 4.37. The molecule has 0 spiro atoms. The lowest BCUT2D eigenvalue weighted by atomic mass is 9.95. The number of fused-ring (bicyclic) bond motifs is 1. The van der Waals surface area contributed by atoms with Crippen molar-refractivity contribution in [2.24, 2.45) is 0 Å². The zero-order chi connectivity index (χ0) is 20.3. The number of thiocarbonyl (C=S) groups is 1. The fourth-order valence-electron chi connectivity index (χ4n) is 3.09. The minimum absolute atomic E-state index is 0.126. The normalized spacial score (nSPS) is 12.7. The molecule has 1 aliphatic rings. The highest BCUT2D eigenvalue weighted by molar-refractivity contribution is 9.10. The van der Waals surface area contributed by atoms with Crippen LogP contribution in [-0.4, -0.2) is 31.2 Å². The van der Waals surface area contributed by atoms with Crippen molar-refractivity contribution in [1.82, 2.24) is 5.32 Å². The second-order valence-electron chi connectivity index (χ2n) is 6.16. The number of rotatable bonds is 4. The van der Waals surface area contributed by atoms with Gasteiger partial charge in [-0.2, -0.15) is 0 Å². The van der Waals surface area contributed by atoms with Crippen LogP contribution in [0.2, 0.25) is 0 Å². The van der Waals surface area contributed by atoms with E-state index in [1.807, 2.05) is 0 Å². The van der Waals surface area contributed by atoms with Gasteiger partial charge in [0.05, 0.1) is 24.3 Å². The maximum atomic E-state index is 12.5. The highest BCUT2D eigenvalue weighted by Gasteiger charge is 2.26. The summed E-state index contributed by atoms with van der Waals surface area (Å²) in [6.07, 6.45) is 3.92. The SMILES string of the molecule is COC(=O)c1c(NC(=S)NC(=O)c2ccc(OC)c(Br)c2)sc2c1CCCC2. The Kier molecular flexibility index (Phi) is 6.69. The first-order valence-corrected chi connectivity index (χ1v) is 10.6. The maximum absolute atomic E-state index is 12.5. The summed E-state index contributed by atoms with van der Waals surface area (Å²) in [7, 11) is 2.92. The lowest BCUT2D eigenvalue weighted by Crippen LogP contribution is -2.34. The predicted octanol–water partition coefficient (Wildman–Crippen LogP) is 4.31. The standard InChI is InChI=1S/C19H19BrN2O4S2/c1-25-13-8-7-10(9-12(13)20)16(23)21-19(27)22-17-15(18(24)26-2)11-5-3-4-6-14(11)28-17/h7-9H,3-6H2,1-2H3,(H2,21,22,23,27). The number of hydrogen-bond donors (Lipinski definition) is 2. The Morgan fingerprint density at radius 1 is 1.21 bits per heavy atom. The number of ether oxygens (including phenoxy) is 2. The van der Waals surface area contributed by atoms with E-state index in [9.17, 15) is 9.59 Å². The number of methoxy groups -OCH3 is 2. The quantitative estimate of drug-likeness (QED) is 0.499. The van der Waals surface area contributed by atoms with Crippen LogP contribution < -0.4 is 15.4 Å². The molecular weight excluding hydrogens is 464 g/mol. The third-order valence-electron chi connectivity index (χ3n) is 4.43. The van der Waals surface area contributed by atoms with Gasteiger partial charge in [-0.05, 0) is 77.6 Å². The minimum atomic E-state index is -0.393. The highest BCUT2D eigenvalue weighted by atomic mass is 79.9. The summed E-state index contributed by atoms with van der Waals surface area (Å²) >= 11 is 10.1. The van der Waals surface area contributed by atoms with Gasteiger partial charge in [0.15, 0.2) is 5.11 Å². The number of benzene rings is 1. The van der Waals surface area contributed by atoms with E-state index in [2.05, 4.69) is 26.6 Å². The Bertz CT molecular complexity index is 942. The topological polar surface area (TPSA) is 76.7 Å². The molecule has 9 heteroatoms. The first kappa shape index (κ1) is 20.8. The summed E-state index contributed by atoms with van der Waals surface area (Å²) in [5.74, 6) is -0.124. The molecule has 2 N–H and O–H groups in total. The number of carbonyl (C=O) groups is 2. The van der Waals surface area contributed by atoms with Crippen molar-refractivity contribution in [2.75, 3.05) is 19.5 Å². The second-order valence-corrected chi connectivity index (χ2v) is 8.53. The van der Waals surface area contributed by atoms with E-state index < -0.39 is 5.97 Å². The molecule has 0 saturated heterocycles. The second kappa shape index (κ2) is 9.02. The molecule has 2 aromatic rings.